The fourth-order valence-electron chi connectivity index (χ4n) is 1.71. The molecule has 0 aliphatic heterocycles. The van der Waals surface area contributed by atoms with Gasteiger partial charge in [-0.1, -0.05) is 0 Å². The number of nitrogens with one attached hydrogen (secondary N) is 1. The molecular weight excluding hydrogens is 315 g/mol. The Morgan fingerprint density at radius 2 is 1.82 bits per heavy atom. The van der Waals surface area contributed by atoms with Gasteiger partial charge in [0.2, 0.25) is 0 Å². The lowest BCUT2D eigenvalue weighted by atomic mass is 10.3. The van der Waals surface area contributed by atoms with Crippen molar-refractivity contribution in [1.29, 1.82) is 0 Å². The Kier molecular flexibility index (Phi) is 4.27. The Balaban J connectivity index is 2.39. The third-order valence-electron chi connectivity index (χ3n) is 2.75. The Labute approximate surface area is 125 Å². The minimum Gasteiger partial charge on any atom is -0.490 e. The number of nitro benzene ring substituents is 1. The van der Waals surface area contributed by atoms with Gasteiger partial charge >= 0.3 is 5.69 Å². The van der Waals surface area contributed by atoms with E-state index >= 15 is 0 Å². The molecule has 0 aliphatic carbocycles. The van der Waals surface area contributed by atoms with E-state index in [2.05, 4.69) is 4.72 Å². The Bertz CT molecular complexity index is 806. The molecule has 2 rings (SSSR count). The van der Waals surface area contributed by atoms with E-state index in [1.165, 1.54) is 31.4 Å². The average Bonchev–Trinajstić information content (AvgIpc) is 2.48. The van der Waals surface area contributed by atoms with Crippen LogP contribution in [0.5, 0.6) is 5.75 Å². The highest BCUT2D eigenvalue weighted by Gasteiger charge is 2.22. The number of nitro groups is 1. The fraction of sp³-hybridized carbons (Fsp3) is 0.0769. The summed E-state index contributed by atoms with van der Waals surface area (Å²) in [7, 11) is -2.80. The minimum atomic E-state index is -4.04. The summed E-state index contributed by atoms with van der Waals surface area (Å²) >= 11 is 0. The van der Waals surface area contributed by atoms with Crippen molar-refractivity contribution in [2.24, 2.45) is 0 Å². The number of benzene rings is 2. The van der Waals surface area contributed by atoms with Crippen molar-refractivity contribution >= 4 is 21.4 Å². The molecule has 0 aromatic heterocycles. The van der Waals surface area contributed by atoms with E-state index in [0.717, 1.165) is 18.2 Å². The third kappa shape index (κ3) is 3.31. The van der Waals surface area contributed by atoms with E-state index in [-0.39, 0.29) is 16.3 Å². The lowest BCUT2D eigenvalue weighted by Crippen LogP contribution is -2.13. The van der Waals surface area contributed by atoms with Crippen molar-refractivity contribution in [2.45, 2.75) is 4.90 Å². The SMILES string of the molecule is COc1ccc(S(=O)(=O)Nc2ccc(F)cc2)cc1[N+](=O)[O-]. The summed E-state index contributed by atoms with van der Waals surface area (Å²) < 4.78 is 44.2. The predicted molar refractivity (Wildman–Crippen MR) is 76.9 cm³/mol. The molecule has 0 bridgehead atoms. The molecular formula is C13H11FN2O5S. The number of halogens is 1. The molecule has 0 fully saturated rings. The van der Waals surface area contributed by atoms with Gasteiger partial charge in [-0.15, -0.1) is 0 Å². The summed E-state index contributed by atoms with van der Waals surface area (Å²) in [6.07, 6.45) is 0. The maximum Gasteiger partial charge on any atom is 0.312 e. The van der Waals surface area contributed by atoms with Gasteiger partial charge < -0.3 is 4.74 Å². The first kappa shape index (κ1) is 15.7. The van der Waals surface area contributed by atoms with Crippen LogP contribution in [0.25, 0.3) is 0 Å². The Morgan fingerprint density at radius 3 is 2.36 bits per heavy atom. The molecule has 0 radical (unpaired) electrons. The second kappa shape index (κ2) is 5.98. The quantitative estimate of drug-likeness (QED) is 0.672. The Hall–Kier alpha value is -2.68. The van der Waals surface area contributed by atoms with Gasteiger partial charge in [-0.25, -0.2) is 12.8 Å². The number of hydrogen-bond donors (Lipinski definition) is 1. The first-order valence-corrected chi connectivity index (χ1v) is 7.42. The fourth-order valence-corrected chi connectivity index (χ4v) is 2.79. The molecule has 22 heavy (non-hydrogen) atoms. The van der Waals surface area contributed by atoms with Gasteiger partial charge in [0.15, 0.2) is 5.75 Å². The Morgan fingerprint density at radius 1 is 1.18 bits per heavy atom. The molecule has 0 aliphatic rings. The number of hydrogen-bond acceptors (Lipinski definition) is 5. The van der Waals surface area contributed by atoms with E-state index < -0.39 is 26.5 Å². The van der Waals surface area contributed by atoms with E-state index in [1.807, 2.05) is 0 Å². The zero-order valence-electron chi connectivity index (χ0n) is 11.3. The molecule has 116 valence electrons. The summed E-state index contributed by atoms with van der Waals surface area (Å²) in [6.45, 7) is 0. The molecule has 2 aromatic carbocycles. The van der Waals surface area contributed by atoms with Crippen LogP contribution < -0.4 is 9.46 Å². The molecule has 2 aromatic rings. The van der Waals surface area contributed by atoms with Gasteiger partial charge in [0.05, 0.1) is 16.9 Å². The lowest BCUT2D eigenvalue weighted by Gasteiger charge is -2.09. The second-order valence-electron chi connectivity index (χ2n) is 4.20. The van der Waals surface area contributed by atoms with Crippen LogP contribution in [0.4, 0.5) is 15.8 Å². The molecule has 0 atom stereocenters. The summed E-state index contributed by atoms with van der Waals surface area (Å²) in [5.41, 5.74) is -0.329. The molecule has 0 amide bonds. The number of sulfonamides is 1. The summed E-state index contributed by atoms with van der Waals surface area (Å²) in [5, 5.41) is 10.9. The summed E-state index contributed by atoms with van der Waals surface area (Å²) in [5.74, 6) is -0.561. The van der Waals surface area contributed by atoms with E-state index in [0.29, 0.717) is 0 Å². The number of ether oxygens (including phenoxy) is 1. The second-order valence-corrected chi connectivity index (χ2v) is 5.89. The number of anilines is 1. The molecule has 1 N–H and O–H groups in total. The van der Waals surface area contributed by atoms with Crippen molar-refractivity contribution in [3.05, 3.63) is 58.4 Å². The maximum absolute atomic E-state index is 12.8. The van der Waals surface area contributed by atoms with Gasteiger partial charge in [-0.3, -0.25) is 14.8 Å². The van der Waals surface area contributed by atoms with Crippen LogP contribution in [0.2, 0.25) is 0 Å². The van der Waals surface area contributed by atoms with Crippen LogP contribution in [-0.4, -0.2) is 20.5 Å². The highest BCUT2D eigenvalue weighted by Crippen LogP contribution is 2.30. The largest absolute Gasteiger partial charge is 0.490 e. The average molecular weight is 326 g/mol. The van der Waals surface area contributed by atoms with Gasteiger partial charge in [0, 0.05) is 11.8 Å². The summed E-state index contributed by atoms with van der Waals surface area (Å²) in [4.78, 5) is 9.88. The van der Waals surface area contributed by atoms with Crippen molar-refractivity contribution in [2.75, 3.05) is 11.8 Å². The first-order chi connectivity index (χ1) is 10.3. The standard InChI is InChI=1S/C13H11FN2O5S/c1-21-13-7-6-11(8-12(13)16(17)18)22(19,20)15-10-4-2-9(14)3-5-10/h2-8,15H,1H3. The van der Waals surface area contributed by atoms with Gasteiger partial charge in [0.25, 0.3) is 10.0 Å². The van der Waals surface area contributed by atoms with Gasteiger partial charge in [-0.05, 0) is 36.4 Å². The van der Waals surface area contributed by atoms with Crippen molar-refractivity contribution in [1.82, 2.24) is 0 Å². The van der Waals surface area contributed by atoms with Gasteiger partial charge in [0.1, 0.15) is 5.82 Å². The minimum absolute atomic E-state index is 0.0502. The number of nitrogens with zero attached hydrogens (tertiary/aromatic N) is 1. The van der Waals surface area contributed by atoms with Crippen molar-refractivity contribution in [3.8, 4) is 5.75 Å². The highest BCUT2D eigenvalue weighted by molar-refractivity contribution is 7.92. The smallest absolute Gasteiger partial charge is 0.312 e. The van der Waals surface area contributed by atoms with Crippen molar-refractivity contribution < 1.29 is 22.5 Å². The zero-order valence-corrected chi connectivity index (χ0v) is 12.1. The van der Waals surface area contributed by atoms with E-state index in [1.54, 1.807) is 0 Å². The normalized spacial score (nSPS) is 11.0. The number of methoxy groups -OCH3 is 1. The predicted octanol–water partition coefficient (Wildman–Crippen LogP) is 2.54. The zero-order chi connectivity index (χ0) is 16.3. The molecule has 0 unspecified atom stereocenters. The molecule has 0 saturated heterocycles. The number of rotatable bonds is 5. The van der Waals surface area contributed by atoms with Crippen LogP contribution in [0.3, 0.4) is 0 Å². The van der Waals surface area contributed by atoms with Gasteiger partial charge in [-0.2, -0.15) is 0 Å². The van der Waals surface area contributed by atoms with Crippen LogP contribution in [-0.2, 0) is 10.0 Å². The third-order valence-corrected chi connectivity index (χ3v) is 4.13. The van der Waals surface area contributed by atoms with Crippen LogP contribution in [0, 0.1) is 15.9 Å². The monoisotopic (exact) mass is 326 g/mol. The molecule has 0 heterocycles. The summed E-state index contributed by atoms with van der Waals surface area (Å²) in [6, 6.07) is 7.93. The first-order valence-electron chi connectivity index (χ1n) is 5.94. The van der Waals surface area contributed by atoms with E-state index in [9.17, 15) is 22.9 Å². The van der Waals surface area contributed by atoms with Crippen molar-refractivity contribution in [3.63, 3.8) is 0 Å². The maximum atomic E-state index is 12.8. The topological polar surface area (TPSA) is 98.5 Å². The molecule has 0 saturated carbocycles. The van der Waals surface area contributed by atoms with Crippen LogP contribution in [0.1, 0.15) is 0 Å². The van der Waals surface area contributed by atoms with E-state index in [4.69, 9.17) is 4.74 Å². The van der Waals surface area contributed by atoms with Crippen LogP contribution >= 0.6 is 0 Å². The van der Waals surface area contributed by atoms with Crippen LogP contribution in [0.15, 0.2) is 47.4 Å². The molecule has 0 spiro atoms. The molecule has 9 heteroatoms. The lowest BCUT2D eigenvalue weighted by molar-refractivity contribution is -0.386. The highest BCUT2D eigenvalue weighted by atomic mass is 32.2. The molecule has 7 nitrogen and oxygen atoms in total.